The molecule has 42 heavy (non-hydrogen) atoms. The molecule has 2 aromatic carbocycles. The number of aryl methyl sites for hydroxylation is 2. The summed E-state index contributed by atoms with van der Waals surface area (Å²) < 4.78 is 10.4. The Bertz CT molecular complexity index is 1250. The highest BCUT2D eigenvalue weighted by molar-refractivity contribution is 5.93. The van der Waals surface area contributed by atoms with Crippen molar-refractivity contribution in [3.8, 4) is 5.75 Å². The number of benzene rings is 2. The van der Waals surface area contributed by atoms with Crippen molar-refractivity contribution in [2.75, 3.05) is 13.2 Å². The number of hydrogen-bond acceptors (Lipinski definition) is 7. The zero-order chi connectivity index (χ0) is 31.0. The highest BCUT2D eigenvalue weighted by Crippen LogP contribution is 2.36. The van der Waals surface area contributed by atoms with Gasteiger partial charge in [0.2, 0.25) is 11.8 Å². The molecule has 0 radical (unpaired) electrons. The molecule has 0 heterocycles. The Kier molecular flexibility index (Phi) is 11.0. The third-order valence-electron chi connectivity index (χ3n) is 6.58. The first-order valence-corrected chi connectivity index (χ1v) is 14.4. The molecule has 10 heteroatoms. The van der Waals surface area contributed by atoms with Crippen molar-refractivity contribution in [2.24, 2.45) is 0 Å². The summed E-state index contributed by atoms with van der Waals surface area (Å²) in [5.74, 6) is -1.20. The van der Waals surface area contributed by atoms with Gasteiger partial charge in [-0.05, 0) is 77.6 Å². The molecule has 10 nitrogen and oxygen atoms in total. The minimum absolute atomic E-state index is 0.000196. The van der Waals surface area contributed by atoms with Crippen LogP contribution in [0.25, 0.3) is 0 Å². The average molecular weight is 582 g/mol. The van der Waals surface area contributed by atoms with Crippen LogP contribution in [0.2, 0.25) is 0 Å². The fourth-order valence-corrected chi connectivity index (χ4v) is 4.79. The van der Waals surface area contributed by atoms with Gasteiger partial charge >= 0.3 is 12.1 Å². The van der Waals surface area contributed by atoms with Crippen LogP contribution in [-0.2, 0) is 30.3 Å². The number of carbonyl (C=O) groups is 4. The summed E-state index contributed by atoms with van der Waals surface area (Å²) >= 11 is 0. The van der Waals surface area contributed by atoms with Gasteiger partial charge in [0.1, 0.15) is 23.4 Å². The van der Waals surface area contributed by atoms with Crippen LogP contribution in [-0.4, -0.2) is 64.7 Å². The second kappa shape index (κ2) is 14.2. The molecular formula is C32H43N3O7. The van der Waals surface area contributed by atoms with E-state index in [0.29, 0.717) is 24.0 Å². The number of esters is 1. The van der Waals surface area contributed by atoms with Crippen molar-refractivity contribution in [3.05, 3.63) is 64.7 Å². The summed E-state index contributed by atoms with van der Waals surface area (Å²) in [7, 11) is 0. The summed E-state index contributed by atoms with van der Waals surface area (Å²) in [6, 6.07) is 9.87. The number of alkyl carbamates (subject to hydrolysis) is 1. The third-order valence-corrected chi connectivity index (χ3v) is 6.58. The van der Waals surface area contributed by atoms with E-state index in [1.165, 1.54) is 12.1 Å². The molecule has 3 rings (SSSR count). The molecular weight excluding hydrogens is 538 g/mol. The molecule has 0 aliphatic heterocycles. The number of hydrogen-bond donors (Lipinski definition) is 3. The number of ether oxygens (including phenoxy) is 2. The number of nitrogens with zero attached hydrogens (tertiary/aromatic N) is 1. The van der Waals surface area contributed by atoms with Gasteiger partial charge in [-0.25, -0.2) is 4.79 Å². The lowest BCUT2D eigenvalue weighted by Crippen LogP contribution is -2.54. The molecule has 1 aliphatic carbocycles. The standard InChI is InChI=1S/C32H43N3O7/c1-7-41-27(37)14-15-33-29(38)28(23-17-20(2)16-21(3)18-23)35(24-10-11-24)30(39)26(34-31(40)42-32(4,5)6)19-22-8-12-25(36)13-9-22/h8-9,12-13,16-18,24,26,28,36H,7,10-11,14-15,19H2,1-6H3,(H,33,38)(H,34,40). The van der Waals surface area contributed by atoms with Gasteiger partial charge in [0, 0.05) is 19.0 Å². The van der Waals surface area contributed by atoms with Gasteiger partial charge in [0.15, 0.2) is 0 Å². The Morgan fingerprint density at radius 3 is 2.19 bits per heavy atom. The van der Waals surface area contributed by atoms with Crippen LogP contribution >= 0.6 is 0 Å². The summed E-state index contributed by atoms with van der Waals surface area (Å²) in [5.41, 5.74) is 2.43. The van der Waals surface area contributed by atoms with E-state index in [0.717, 1.165) is 11.1 Å². The van der Waals surface area contributed by atoms with Gasteiger partial charge in [-0.15, -0.1) is 0 Å². The number of nitrogens with one attached hydrogen (secondary N) is 2. The van der Waals surface area contributed by atoms with E-state index in [4.69, 9.17) is 9.47 Å². The van der Waals surface area contributed by atoms with Crippen LogP contribution < -0.4 is 10.6 Å². The molecule has 0 bridgehead atoms. The summed E-state index contributed by atoms with van der Waals surface area (Å²) in [5, 5.41) is 15.3. The smallest absolute Gasteiger partial charge is 0.408 e. The van der Waals surface area contributed by atoms with Gasteiger partial charge < -0.3 is 30.1 Å². The lowest BCUT2D eigenvalue weighted by Gasteiger charge is -2.35. The highest BCUT2D eigenvalue weighted by atomic mass is 16.6. The van der Waals surface area contributed by atoms with Crippen molar-refractivity contribution in [1.29, 1.82) is 0 Å². The zero-order valence-electron chi connectivity index (χ0n) is 25.4. The normalized spacial score (nSPS) is 14.3. The summed E-state index contributed by atoms with van der Waals surface area (Å²) in [6.45, 7) is 11.1. The molecule has 2 aromatic rings. The maximum absolute atomic E-state index is 14.4. The molecule has 0 saturated heterocycles. The molecule has 1 aliphatic rings. The molecule has 3 amide bonds. The first-order valence-electron chi connectivity index (χ1n) is 14.4. The number of rotatable bonds is 12. The highest BCUT2D eigenvalue weighted by Gasteiger charge is 2.44. The van der Waals surface area contributed by atoms with Crippen LogP contribution in [0.15, 0.2) is 42.5 Å². The maximum atomic E-state index is 14.4. The van der Waals surface area contributed by atoms with Crippen molar-refractivity contribution < 1.29 is 33.8 Å². The predicted molar refractivity (Wildman–Crippen MR) is 158 cm³/mol. The van der Waals surface area contributed by atoms with E-state index in [-0.39, 0.29) is 37.8 Å². The molecule has 2 unspecified atom stereocenters. The first kappa shape index (κ1) is 32.4. The van der Waals surface area contributed by atoms with E-state index < -0.39 is 41.6 Å². The minimum Gasteiger partial charge on any atom is -0.508 e. The van der Waals surface area contributed by atoms with Gasteiger partial charge in [0.25, 0.3) is 0 Å². The van der Waals surface area contributed by atoms with Crippen molar-refractivity contribution >= 4 is 23.9 Å². The van der Waals surface area contributed by atoms with Crippen LogP contribution in [0.5, 0.6) is 5.75 Å². The Morgan fingerprint density at radius 2 is 1.64 bits per heavy atom. The number of aromatic hydroxyl groups is 1. The van der Waals surface area contributed by atoms with E-state index in [1.54, 1.807) is 44.7 Å². The monoisotopic (exact) mass is 581 g/mol. The van der Waals surface area contributed by atoms with Crippen molar-refractivity contribution in [1.82, 2.24) is 15.5 Å². The lowest BCUT2D eigenvalue weighted by molar-refractivity contribution is -0.144. The quantitative estimate of drug-likeness (QED) is 0.319. The summed E-state index contributed by atoms with van der Waals surface area (Å²) in [6.07, 6.45) is 0.784. The first-order chi connectivity index (χ1) is 19.8. The molecule has 1 fully saturated rings. The van der Waals surface area contributed by atoms with Crippen molar-refractivity contribution in [3.63, 3.8) is 0 Å². The van der Waals surface area contributed by atoms with Crippen LogP contribution in [0.4, 0.5) is 4.79 Å². The number of phenols is 1. The Balaban J connectivity index is 1.98. The lowest BCUT2D eigenvalue weighted by atomic mass is 9.97. The predicted octanol–water partition coefficient (Wildman–Crippen LogP) is 4.25. The second-order valence-corrected chi connectivity index (χ2v) is 11.7. The third kappa shape index (κ3) is 9.78. The summed E-state index contributed by atoms with van der Waals surface area (Å²) in [4.78, 5) is 54.6. The minimum atomic E-state index is -1.05. The maximum Gasteiger partial charge on any atom is 0.408 e. The fourth-order valence-electron chi connectivity index (χ4n) is 4.79. The number of phenolic OH excluding ortho intramolecular Hbond substituents is 1. The van der Waals surface area contributed by atoms with E-state index >= 15 is 0 Å². The molecule has 0 spiro atoms. The van der Waals surface area contributed by atoms with Gasteiger partial charge in [-0.2, -0.15) is 0 Å². The van der Waals surface area contributed by atoms with Gasteiger partial charge in [0.05, 0.1) is 13.0 Å². The van der Waals surface area contributed by atoms with Crippen LogP contribution in [0, 0.1) is 13.8 Å². The molecule has 0 aromatic heterocycles. The van der Waals surface area contributed by atoms with E-state index in [1.807, 2.05) is 32.0 Å². The Labute approximate surface area is 247 Å². The zero-order valence-corrected chi connectivity index (χ0v) is 25.4. The van der Waals surface area contributed by atoms with Gasteiger partial charge in [-0.3, -0.25) is 14.4 Å². The number of amides is 3. The second-order valence-electron chi connectivity index (χ2n) is 11.7. The SMILES string of the molecule is CCOC(=O)CCNC(=O)C(c1cc(C)cc(C)c1)N(C(=O)C(Cc1ccc(O)cc1)NC(=O)OC(C)(C)C)C1CC1. The number of carbonyl (C=O) groups excluding carboxylic acids is 4. The van der Waals surface area contributed by atoms with E-state index in [2.05, 4.69) is 10.6 Å². The molecule has 1 saturated carbocycles. The van der Waals surface area contributed by atoms with E-state index in [9.17, 15) is 24.3 Å². The van der Waals surface area contributed by atoms with Crippen LogP contribution in [0.1, 0.15) is 75.3 Å². The fraction of sp³-hybridized carbons (Fsp3) is 0.500. The molecule has 3 N–H and O–H groups in total. The van der Waals surface area contributed by atoms with Crippen molar-refractivity contribution in [2.45, 2.75) is 91.0 Å². The van der Waals surface area contributed by atoms with Gasteiger partial charge in [-0.1, -0.05) is 41.5 Å². The van der Waals surface area contributed by atoms with Crippen LogP contribution in [0.3, 0.4) is 0 Å². The Morgan fingerprint density at radius 1 is 1.02 bits per heavy atom. The topological polar surface area (TPSA) is 134 Å². The molecule has 228 valence electrons. The molecule has 2 atom stereocenters. The Hall–Kier alpha value is -4.08. The largest absolute Gasteiger partial charge is 0.508 e. The average Bonchev–Trinajstić information content (AvgIpc) is 3.71.